The highest BCUT2D eigenvalue weighted by Crippen LogP contribution is 2.23. The molecule has 0 aromatic carbocycles. The van der Waals surface area contributed by atoms with Crippen LogP contribution in [0.2, 0.25) is 0 Å². The quantitative estimate of drug-likeness (QED) is 0.843. The largest absolute Gasteiger partial charge is 0.497 e. The molecule has 0 spiro atoms. The lowest BCUT2D eigenvalue weighted by Gasteiger charge is -2.35. The first-order chi connectivity index (χ1) is 11.3. The summed E-state index contributed by atoms with van der Waals surface area (Å²) in [5.74, 6) is 1.79. The van der Waals surface area contributed by atoms with E-state index in [1.165, 1.54) is 0 Å². The van der Waals surface area contributed by atoms with Gasteiger partial charge in [-0.15, -0.1) is 10.2 Å². The molecule has 1 fully saturated rings. The number of H-pyrrole nitrogens is 1. The third-order valence-electron chi connectivity index (χ3n) is 4.46. The number of nitrogens with zero attached hydrogens (tertiary/aromatic N) is 5. The van der Waals surface area contributed by atoms with Crippen molar-refractivity contribution in [2.45, 2.75) is 32.6 Å². The fraction of sp³-hybridized carbons (Fsp3) is 0.733. The molecule has 3 heterocycles. The molecule has 126 valence electrons. The molecular weight excluding hydrogens is 296 g/mol. The number of ether oxygens (including phenoxy) is 1. The number of allylic oxidation sites excluding steroid dienone is 1. The van der Waals surface area contributed by atoms with E-state index in [1.54, 1.807) is 0 Å². The Hall–Kier alpha value is -1.96. The number of amides is 1. The Bertz CT molecular complexity index is 548. The zero-order valence-corrected chi connectivity index (χ0v) is 13.6. The second-order valence-electron chi connectivity index (χ2n) is 5.92. The molecule has 0 atom stereocenters. The maximum absolute atomic E-state index is 12.7. The number of hydrogen-bond donors (Lipinski definition) is 1. The third kappa shape index (κ3) is 3.87. The molecule has 3 rings (SSSR count). The van der Waals surface area contributed by atoms with Gasteiger partial charge in [-0.3, -0.25) is 9.69 Å². The zero-order valence-electron chi connectivity index (χ0n) is 13.6. The van der Waals surface area contributed by atoms with Crippen LogP contribution in [-0.4, -0.2) is 75.7 Å². The summed E-state index contributed by atoms with van der Waals surface area (Å²) in [5, 5.41) is 14.0. The first-order valence-electron chi connectivity index (χ1n) is 8.36. The van der Waals surface area contributed by atoms with Gasteiger partial charge < -0.3 is 9.64 Å². The lowest BCUT2D eigenvalue weighted by molar-refractivity contribution is -0.129. The highest BCUT2D eigenvalue weighted by atomic mass is 16.5. The Kier molecular flexibility index (Phi) is 5.22. The van der Waals surface area contributed by atoms with Crippen LogP contribution in [0.3, 0.4) is 0 Å². The van der Waals surface area contributed by atoms with Gasteiger partial charge >= 0.3 is 0 Å². The van der Waals surface area contributed by atoms with Crippen LogP contribution in [-0.2, 0) is 16.0 Å². The monoisotopic (exact) mass is 320 g/mol. The van der Waals surface area contributed by atoms with Gasteiger partial charge in [0.25, 0.3) is 5.91 Å². The van der Waals surface area contributed by atoms with Gasteiger partial charge in [-0.1, -0.05) is 12.1 Å². The van der Waals surface area contributed by atoms with Crippen LogP contribution in [0.5, 0.6) is 0 Å². The lowest BCUT2D eigenvalue weighted by Crippen LogP contribution is -2.49. The minimum atomic E-state index is 0.166. The van der Waals surface area contributed by atoms with Crippen molar-refractivity contribution in [1.29, 1.82) is 0 Å². The summed E-state index contributed by atoms with van der Waals surface area (Å²) in [6.45, 7) is 7.00. The first kappa shape index (κ1) is 15.9. The van der Waals surface area contributed by atoms with E-state index >= 15 is 0 Å². The van der Waals surface area contributed by atoms with E-state index in [-0.39, 0.29) is 5.91 Å². The topological polar surface area (TPSA) is 87.2 Å². The van der Waals surface area contributed by atoms with E-state index in [1.807, 2.05) is 11.8 Å². The number of carbonyl (C=O) groups excluding carboxylic acids is 1. The number of nitrogens with one attached hydrogen (secondary N) is 1. The molecule has 23 heavy (non-hydrogen) atoms. The molecule has 0 aliphatic carbocycles. The lowest BCUT2D eigenvalue weighted by atomic mass is 10.0. The zero-order chi connectivity index (χ0) is 16.1. The Balaban J connectivity index is 1.50. The van der Waals surface area contributed by atoms with E-state index in [0.717, 1.165) is 82.2 Å². The van der Waals surface area contributed by atoms with Gasteiger partial charge in [0.2, 0.25) is 0 Å². The van der Waals surface area contributed by atoms with Gasteiger partial charge in [-0.05, 0) is 12.8 Å². The number of rotatable bonds is 5. The summed E-state index contributed by atoms with van der Waals surface area (Å²) < 4.78 is 5.65. The van der Waals surface area contributed by atoms with E-state index in [9.17, 15) is 4.79 Å². The number of carbonyl (C=O) groups is 1. The maximum Gasteiger partial charge on any atom is 0.253 e. The van der Waals surface area contributed by atoms with Crippen molar-refractivity contribution in [3.05, 3.63) is 17.2 Å². The standard InChI is InChI=1S/C15H24N6O2/c1-2-13-12(4-3-11-23-13)15(22)21-9-7-20(8-10-21)6-5-14-16-18-19-17-14/h2-11H2,1H3,(H,16,17,18,19). The predicted molar refractivity (Wildman–Crippen MR) is 83.4 cm³/mol. The van der Waals surface area contributed by atoms with Gasteiger partial charge in [0, 0.05) is 45.6 Å². The fourth-order valence-electron chi connectivity index (χ4n) is 3.12. The van der Waals surface area contributed by atoms with Crippen molar-refractivity contribution in [3.8, 4) is 0 Å². The molecule has 1 saturated heterocycles. The fourth-order valence-corrected chi connectivity index (χ4v) is 3.12. The summed E-state index contributed by atoms with van der Waals surface area (Å²) in [6, 6.07) is 0. The van der Waals surface area contributed by atoms with Crippen molar-refractivity contribution in [3.63, 3.8) is 0 Å². The van der Waals surface area contributed by atoms with Crippen LogP contribution in [0.1, 0.15) is 32.0 Å². The summed E-state index contributed by atoms with van der Waals surface area (Å²) >= 11 is 0. The molecule has 0 saturated carbocycles. The average molecular weight is 320 g/mol. The molecule has 1 amide bonds. The number of tetrazole rings is 1. The molecule has 2 aliphatic rings. The molecule has 1 N–H and O–H groups in total. The highest BCUT2D eigenvalue weighted by molar-refractivity contribution is 5.94. The molecule has 0 bridgehead atoms. The summed E-state index contributed by atoms with van der Waals surface area (Å²) in [7, 11) is 0. The van der Waals surface area contributed by atoms with E-state index in [2.05, 4.69) is 25.5 Å². The van der Waals surface area contributed by atoms with Crippen LogP contribution in [0.15, 0.2) is 11.3 Å². The van der Waals surface area contributed by atoms with Crippen LogP contribution in [0, 0.1) is 0 Å². The van der Waals surface area contributed by atoms with Crippen molar-refractivity contribution in [1.82, 2.24) is 30.4 Å². The average Bonchev–Trinajstić information content (AvgIpc) is 3.13. The number of aromatic amines is 1. The highest BCUT2D eigenvalue weighted by Gasteiger charge is 2.27. The molecule has 1 aromatic heterocycles. The smallest absolute Gasteiger partial charge is 0.253 e. The normalized spacial score (nSPS) is 19.8. The van der Waals surface area contributed by atoms with Gasteiger partial charge in [0.05, 0.1) is 12.2 Å². The predicted octanol–water partition coefficient (Wildman–Crippen LogP) is 0.361. The van der Waals surface area contributed by atoms with Crippen LogP contribution < -0.4 is 0 Å². The molecule has 0 radical (unpaired) electrons. The Morgan fingerprint density at radius 2 is 2.13 bits per heavy atom. The van der Waals surface area contributed by atoms with E-state index in [0.29, 0.717) is 0 Å². The Morgan fingerprint density at radius 3 is 2.83 bits per heavy atom. The van der Waals surface area contributed by atoms with Crippen LogP contribution >= 0.6 is 0 Å². The van der Waals surface area contributed by atoms with E-state index in [4.69, 9.17) is 4.74 Å². The second-order valence-corrected chi connectivity index (χ2v) is 5.92. The molecular formula is C15H24N6O2. The molecule has 2 aliphatic heterocycles. The van der Waals surface area contributed by atoms with Gasteiger partial charge in [-0.25, -0.2) is 0 Å². The molecule has 0 unspecified atom stereocenters. The van der Waals surface area contributed by atoms with Gasteiger partial charge in [0.1, 0.15) is 5.76 Å². The third-order valence-corrected chi connectivity index (χ3v) is 4.46. The Labute approximate surface area is 135 Å². The van der Waals surface area contributed by atoms with Crippen molar-refractivity contribution < 1.29 is 9.53 Å². The van der Waals surface area contributed by atoms with Crippen LogP contribution in [0.25, 0.3) is 0 Å². The first-order valence-corrected chi connectivity index (χ1v) is 8.36. The van der Waals surface area contributed by atoms with Gasteiger partial charge in [0.15, 0.2) is 5.82 Å². The number of hydrogen-bond acceptors (Lipinski definition) is 6. The number of aromatic nitrogens is 4. The number of piperazine rings is 1. The van der Waals surface area contributed by atoms with Crippen molar-refractivity contribution in [2.75, 3.05) is 39.3 Å². The maximum atomic E-state index is 12.7. The molecule has 8 nitrogen and oxygen atoms in total. The van der Waals surface area contributed by atoms with Crippen molar-refractivity contribution in [2.24, 2.45) is 0 Å². The SMILES string of the molecule is CCC1=C(C(=O)N2CCN(CCc3nn[nH]n3)CC2)CCCO1. The second kappa shape index (κ2) is 7.54. The Morgan fingerprint density at radius 1 is 1.30 bits per heavy atom. The van der Waals surface area contributed by atoms with Gasteiger partial charge in [-0.2, -0.15) is 5.21 Å². The molecule has 8 heteroatoms. The van der Waals surface area contributed by atoms with Crippen molar-refractivity contribution >= 4 is 5.91 Å². The van der Waals surface area contributed by atoms with E-state index < -0.39 is 0 Å². The molecule has 1 aromatic rings. The minimum Gasteiger partial charge on any atom is -0.497 e. The van der Waals surface area contributed by atoms with Crippen LogP contribution in [0.4, 0.5) is 0 Å². The minimum absolute atomic E-state index is 0.166. The summed E-state index contributed by atoms with van der Waals surface area (Å²) in [4.78, 5) is 17.0. The summed E-state index contributed by atoms with van der Waals surface area (Å²) in [6.07, 6.45) is 3.37. The summed E-state index contributed by atoms with van der Waals surface area (Å²) in [5.41, 5.74) is 0.888.